The van der Waals surface area contributed by atoms with Crippen molar-refractivity contribution in [3.05, 3.63) is 0 Å². The molecule has 0 aromatic carbocycles. The molecule has 0 aliphatic carbocycles. The summed E-state index contributed by atoms with van der Waals surface area (Å²) >= 11 is 0. The Morgan fingerprint density at radius 2 is 1.92 bits per heavy atom. The van der Waals surface area contributed by atoms with Crippen LogP contribution in [0.5, 0.6) is 0 Å². The van der Waals surface area contributed by atoms with Gasteiger partial charge in [0.2, 0.25) is 0 Å². The van der Waals surface area contributed by atoms with Crippen LogP contribution in [0.25, 0.3) is 0 Å². The van der Waals surface area contributed by atoms with Crippen LogP contribution in [0.3, 0.4) is 0 Å². The number of carbonyl (C=O) groups is 1. The summed E-state index contributed by atoms with van der Waals surface area (Å²) in [5, 5.41) is 8.23. The summed E-state index contributed by atoms with van der Waals surface area (Å²) < 4.78 is 4.76. The Morgan fingerprint density at radius 1 is 1.38 bits per heavy atom. The minimum absolute atomic E-state index is 0.0108. The van der Waals surface area contributed by atoms with E-state index in [-0.39, 0.29) is 18.5 Å². The van der Waals surface area contributed by atoms with E-state index in [0.29, 0.717) is 0 Å². The number of hydrogen-bond acceptors (Lipinski definition) is 3. The smallest absolute Gasteiger partial charge is 0.309 e. The highest BCUT2D eigenvalue weighted by atomic mass is 16.5. The van der Waals surface area contributed by atoms with Crippen molar-refractivity contribution >= 4 is 5.97 Å². The Balaban J connectivity index is 3.88. The lowest BCUT2D eigenvalue weighted by atomic mass is 9.99. The van der Waals surface area contributed by atoms with Crippen molar-refractivity contribution in [2.75, 3.05) is 6.61 Å². The molecule has 0 spiro atoms. The highest BCUT2D eigenvalue weighted by Crippen LogP contribution is 2.14. The molecule has 74 valence electrons. The topological polar surface area (TPSA) is 50.1 Å². The maximum absolute atomic E-state index is 11.3. The summed E-state index contributed by atoms with van der Waals surface area (Å²) in [5.74, 6) is -0.228. The van der Waals surface area contributed by atoms with E-state index in [0.717, 1.165) is 25.7 Å². The Labute approximate surface area is 79.7 Å². The van der Waals surface area contributed by atoms with Crippen molar-refractivity contribution in [2.24, 2.45) is 5.92 Å². The summed E-state index contributed by atoms with van der Waals surface area (Å²) in [7, 11) is 0. The number of rotatable bonds is 6. The van der Waals surface area contributed by atoms with Crippen LogP contribution in [0.4, 0.5) is 0 Å². The Morgan fingerprint density at radius 3 is 2.31 bits per heavy atom. The normalized spacial score (nSPS) is 9.69. The molecule has 0 heterocycles. The molecule has 0 saturated carbocycles. The summed E-state index contributed by atoms with van der Waals surface area (Å²) in [6, 6.07) is 1.79. The van der Waals surface area contributed by atoms with Crippen molar-refractivity contribution in [1.82, 2.24) is 0 Å². The maximum atomic E-state index is 11.3. The average molecular weight is 183 g/mol. The SMILES string of the molecule is CCCC(CCC)C(=O)OCC#N. The fourth-order valence-electron chi connectivity index (χ4n) is 1.30. The second kappa shape index (κ2) is 7.60. The summed E-state index contributed by atoms with van der Waals surface area (Å²) in [4.78, 5) is 11.3. The van der Waals surface area contributed by atoms with Crippen LogP contribution in [0.2, 0.25) is 0 Å². The van der Waals surface area contributed by atoms with E-state index in [1.165, 1.54) is 0 Å². The molecule has 13 heavy (non-hydrogen) atoms. The van der Waals surface area contributed by atoms with E-state index in [2.05, 4.69) is 0 Å². The van der Waals surface area contributed by atoms with Crippen molar-refractivity contribution in [3.63, 3.8) is 0 Å². The quantitative estimate of drug-likeness (QED) is 0.593. The third kappa shape index (κ3) is 5.24. The Bertz CT molecular complexity index is 178. The average Bonchev–Trinajstić information content (AvgIpc) is 2.14. The highest BCUT2D eigenvalue weighted by Gasteiger charge is 2.17. The number of hydrogen-bond donors (Lipinski definition) is 0. The standard InChI is InChI=1S/C10H17NO2/c1-3-5-9(6-4-2)10(12)13-8-7-11/h9H,3-6,8H2,1-2H3. The van der Waals surface area contributed by atoms with Crippen molar-refractivity contribution < 1.29 is 9.53 Å². The monoisotopic (exact) mass is 183 g/mol. The fraction of sp³-hybridized carbons (Fsp3) is 0.800. The van der Waals surface area contributed by atoms with Gasteiger partial charge in [-0.2, -0.15) is 5.26 Å². The third-order valence-corrected chi connectivity index (χ3v) is 1.89. The first kappa shape index (κ1) is 12.0. The number of carbonyl (C=O) groups excluding carboxylic acids is 1. The molecule has 0 unspecified atom stereocenters. The maximum Gasteiger partial charge on any atom is 0.309 e. The van der Waals surface area contributed by atoms with Crippen LogP contribution in [0.1, 0.15) is 39.5 Å². The molecular formula is C10H17NO2. The molecule has 0 atom stereocenters. The van der Waals surface area contributed by atoms with Crippen molar-refractivity contribution in [2.45, 2.75) is 39.5 Å². The van der Waals surface area contributed by atoms with Crippen molar-refractivity contribution in [1.29, 1.82) is 5.26 Å². The van der Waals surface area contributed by atoms with Gasteiger partial charge in [0.1, 0.15) is 6.07 Å². The van der Waals surface area contributed by atoms with Gasteiger partial charge >= 0.3 is 5.97 Å². The van der Waals surface area contributed by atoms with Crippen LogP contribution in [-0.2, 0) is 9.53 Å². The minimum Gasteiger partial charge on any atom is -0.450 e. The zero-order chi connectivity index (χ0) is 10.1. The molecule has 3 nitrogen and oxygen atoms in total. The van der Waals surface area contributed by atoms with Gasteiger partial charge in [-0.3, -0.25) is 4.79 Å². The minimum atomic E-state index is -0.217. The summed E-state index contributed by atoms with van der Waals surface area (Å²) in [5.41, 5.74) is 0. The lowest BCUT2D eigenvalue weighted by Crippen LogP contribution is -2.17. The first-order valence-electron chi connectivity index (χ1n) is 4.79. The number of nitrogens with zero attached hydrogens (tertiary/aromatic N) is 1. The lowest BCUT2D eigenvalue weighted by Gasteiger charge is -2.12. The van der Waals surface area contributed by atoms with E-state index in [1.54, 1.807) is 6.07 Å². The summed E-state index contributed by atoms with van der Waals surface area (Å²) in [6.45, 7) is 3.96. The molecule has 0 aromatic rings. The Hall–Kier alpha value is -1.04. The molecule has 0 N–H and O–H groups in total. The van der Waals surface area contributed by atoms with Crippen LogP contribution < -0.4 is 0 Å². The zero-order valence-electron chi connectivity index (χ0n) is 8.38. The van der Waals surface area contributed by atoms with E-state index in [1.807, 2.05) is 13.8 Å². The van der Waals surface area contributed by atoms with E-state index >= 15 is 0 Å². The van der Waals surface area contributed by atoms with Gasteiger partial charge in [-0.25, -0.2) is 0 Å². The molecule has 0 rings (SSSR count). The predicted octanol–water partition coefficient (Wildman–Crippen LogP) is 2.27. The number of ether oxygens (including phenoxy) is 1. The van der Waals surface area contributed by atoms with Gasteiger partial charge in [-0.1, -0.05) is 26.7 Å². The predicted molar refractivity (Wildman–Crippen MR) is 49.9 cm³/mol. The molecule has 3 heteroatoms. The molecule has 0 bridgehead atoms. The molecule has 0 amide bonds. The van der Waals surface area contributed by atoms with Crippen LogP contribution in [0, 0.1) is 17.2 Å². The molecule has 0 saturated heterocycles. The van der Waals surface area contributed by atoms with Gasteiger partial charge in [0, 0.05) is 0 Å². The molecule has 0 aliphatic heterocycles. The molecule has 0 aromatic heterocycles. The first-order chi connectivity index (χ1) is 6.26. The highest BCUT2D eigenvalue weighted by molar-refractivity contribution is 5.72. The third-order valence-electron chi connectivity index (χ3n) is 1.89. The summed E-state index contributed by atoms with van der Waals surface area (Å²) in [6.07, 6.45) is 3.68. The van der Waals surface area contributed by atoms with E-state index < -0.39 is 0 Å². The molecular weight excluding hydrogens is 166 g/mol. The largest absolute Gasteiger partial charge is 0.450 e. The van der Waals surface area contributed by atoms with E-state index in [9.17, 15) is 4.79 Å². The zero-order valence-corrected chi connectivity index (χ0v) is 8.38. The molecule has 0 radical (unpaired) electrons. The van der Waals surface area contributed by atoms with Crippen molar-refractivity contribution in [3.8, 4) is 6.07 Å². The van der Waals surface area contributed by atoms with Crippen LogP contribution >= 0.6 is 0 Å². The van der Waals surface area contributed by atoms with Gasteiger partial charge in [0.15, 0.2) is 6.61 Å². The van der Waals surface area contributed by atoms with Gasteiger partial charge in [0.05, 0.1) is 5.92 Å². The second-order valence-corrected chi connectivity index (χ2v) is 3.04. The van der Waals surface area contributed by atoms with Crippen LogP contribution in [0.15, 0.2) is 0 Å². The van der Waals surface area contributed by atoms with E-state index in [4.69, 9.17) is 10.00 Å². The molecule has 0 fully saturated rings. The van der Waals surface area contributed by atoms with Gasteiger partial charge in [-0.05, 0) is 12.8 Å². The van der Waals surface area contributed by atoms with Crippen LogP contribution in [-0.4, -0.2) is 12.6 Å². The fourth-order valence-corrected chi connectivity index (χ4v) is 1.30. The van der Waals surface area contributed by atoms with Gasteiger partial charge < -0.3 is 4.74 Å². The Kier molecular flexibility index (Phi) is 6.99. The van der Waals surface area contributed by atoms with Gasteiger partial charge in [0.25, 0.3) is 0 Å². The molecule has 0 aliphatic rings. The van der Waals surface area contributed by atoms with Gasteiger partial charge in [-0.15, -0.1) is 0 Å². The number of nitriles is 1. The lowest BCUT2D eigenvalue weighted by molar-refractivity contribution is -0.147. The number of esters is 1. The second-order valence-electron chi connectivity index (χ2n) is 3.04. The first-order valence-corrected chi connectivity index (χ1v) is 4.79.